The van der Waals surface area contributed by atoms with E-state index in [9.17, 15) is 9.59 Å². The van der Waals surface area contributed by atoms with E-state index >= 15 is 0 Å². The van der Waals surface area contributed by atoms with E-state index in [2.05, 4.69) is 4.98 Å². The number of para-hydroxylation sites is 1. The normalized spacial score (nSPS) is 15.3. The van der Waals surface area contributed by atoms with Gasteiger partial charge in [0.15, 0.2) is 6.61 Å². The van der Waals surface area contributed by atoms with Crippen molar-refractivity contribution in [1.29, 1.82) is 0 Å². The Morgan fingerprint density at radius 1 is 1.12 bits per heavy atom. The molecular formula is C25H27N5O3. The van der Waals surface area contributed by atoms with E-state index in [1.807, 2.05) is 66.4 Å². The number of ether oxygens (including phenoxy) is 1. The zero-order valence-electron chi connectivity index (χ0n) is 18.8. The SMILES string of the molecule is CN(C)c1ncc(-c2ccc(C(N)=O)cc2)c([C@H]2CCN(C(=O)COc3ccccc3)C2)n1. The van der Waals surface area contributed by atoms with Gasteiger partial charge in [-0.05, 0) is 36.2 Å². The number of hydrogen-bond acceptors (Lipinski definition) is 6. The number of nitrogens with two attached hydrogens (primary N) is 1. The number of anilines is 1. The Hall–Kier alpha value is -3.94. The lowest BCUT2D eigenvalue weighted by Crippen LogP contribution is -2.33. The summed E-state index contributed by atoms with van der Waals surface area (Å²) in [5, 5.41) is 0. The predicted octanol–water partition coefficient (Wildman–Crippen LogP) is 2.70. The molecule has 1 aromatic heterocycles. The minimum absolute atomic E-state index is 0.00485. The van der Waals surface area contributed by atoms with Gasteiger partial charge < -0.3 is 20.3 Å². The summed E-state index contributed by atoms with van der Waals surface area (Å²) in [6.07, 6.45) is 2.60. The monoisotopic (exact) mass is 445 g/mol. The van der Waals surface area contributed by atoms with Gasteiger partial charge in [-0.25, -0.2) is 9.97 Å². The minimum atomic E-state index is -0.469. The van der Waals surface area contributed by atoms with Gasteiger partial charge in [-0.1, -0.05) is 30.3 Å². The zero-order valence-corrected chi connectivity index (χ0v) is 18.8. The number of nitrogens with zero attached hydrogens (tertiary/aromatic N) is 4. The summed E-state index contributed by atoms with van der Waals surface area (Å²) in [5.74, 6) is 0.840. The highest BCUT2D eigenvalue weighted by Gasteiger charge is 2.31. The lowest BCUT2D eigenvalue weighted by Gasteiger charge is -2.20. The molecule has 33 heavy (non-hydrogen) atoms. The Bertz CT molecular complexity index is 1130. The van der Waals surface area contributed by atoms with Gasteiger partial charge in [0.05, 0.1) is 5.69 Å². The number of aromatic nitrogens is 2. The Kier molecular flexibility index (Phi) is 6.53. The molecule has 2 amide bonds. The summed E-state index contributed by atoms with van der Waals surface area (Å²) in [7, 11) is 3.79. The van der Waals surface area contributed by atoms with E-state index < -0.39 is 5.91 Å². The molecule has 4 rings (SSSR count). The summed E-state index contributed by atoms with van der Waals surface area (Å²) < 4.78 is 5.63. The number of rotatable bonds is 7. The van der Waals surface area contributed by atoms with Crippen molar-refractivity contribution in [3.63, 3.8) is 0 Å². The fourth-order valence-corrected chi connectivity index (χ4v) is 3.91. The van der Waals surface area contributed by atoms with Crippen LogP contribution in [-0.2, 0) is 4.79 Å². The van der Waals surface area contributed by atoms with Crippen molar-refractivity contribution in [1.82, 2.24) is 14.9 Å². The quantitative estimate of drug-likeness (QED) is 0.600. The number of carbonyl (C=O) groups excluding carboxylic acids is 2. The standard InChI is InChI=1S/C25H27N5O3/c1-29(2)25-27-14-21(17-8-10-18(11-9-17)24(26)32)23(28-25)19-12-13-30(15-19)22(31)16-33-20-6-4-3-5-7-20/h3-11,14,19H,12-13,15-16H2,1-2H3,(H2,26,32)/t19-/m0/s1. The molecule has 0 aliphatic carbocycles. The van der Waals surface area contributed by atoms with Crippen LogP contribution in [0.2, 0.25) is 0 Å². The Balaban J connectivity index is 1.54. The molecule has 1 atom stereocenters. The molecule has 1 aliphatic heterocycles. The van der Waals surface area contributed by atoms with Crippen LogP contribution >= 0.6 is 0 Å². The van der Waals surface area contributed by atoms with Crippen LogP contribution in [0.15, 0.2) is 60.8 Å². The number of benzene rings is 2. The van der Waals surface area contributed by atoms with Crippen molar-refractivity contribution in [3.05, 3.63) is 72.1 Å². The third-order valence-electron chi connectivity index (χ3n) is 5.72. The molecule has 3 aromatic rings. The summed E-state index contributed by atoms with van der Waals surface area (Å²) in [6.45, 7) is 1.21. The summed E-state index contributed by atoms with van der Waals surface area (Å²) in [4.78, 5) is 37.2. The largest absolute Gasteiger partial charge is 0.484 e. The molecule has 1 aliphatic rings. The third kappa shape index (κ3) is 5.11. The molecule has 8 heteroatoms. The molecule has 0 spiro atoms. The molecule has 1 fully saturated rings. The second-order valence-corrected chi connectivity index (χ2v) is 8.23. The van der Waals surface area contributed by atoms with Crippen LogP contribution in [-0.4, -0.2) is 60.5 Å². The second kappa shape index (κ2) is 9.68. The first-order valence-corrected chi connectivity index (χ1v) is 10.8. The summed E-state index contributed by atoms with van der Waals surface area (Å²) in [6, 6.07) is 16.4. The van der Waals surface area contributed by atoms with Crippen LogP contribution in [0.1, 0.15) is 28.4 Å². The topological polar surface area (TPSA) is 102 Å². The van der Waals surface area contributed by atoms with Crippen molar-refractivity contribution >= 4 is 17.8 Å². The smallest absolute Gasteiger partial charge is 0.260 e. The first-order chi connectivity index (χ1) is 15.9. The number of hydrogen-bond donors (Lipinski definition) is 1. The second-order valence-electron chi connectivity index (χ2n) is 8.23. The summed E-state index contributed by atoms with van der Waals surface area (Å²) in [5.41, 5.74) is 8.49. The highest BCUT2D eigenvalue weighted by Crippen LogP contribution is 2.34. The highest BCUT2D eigenvalue weighted by atomic mass is 16.5. The molecule has 0 unspecified atom stereocenters. The summed E-state index contributed by atoms with van der Waals surface area (Å²) >= 11 is 0. The van der Waals surface area contributed by atoms with Gasteiger partial charge in [-0.2, -0.15) is 0 Å². The van der Waals surface area contributed by atoms with E-state index in [0.29, 0.717) is 30.4 Å². The maximum atomic E-state index is 12.7. The van der Waals surface area contributed by atoms with Crippen molar-refractivity contribution in [2.45, 2.75) is 12.3 Å². The lowest BCUT2D eigenvalue weighted by atomic mass is 9.95. The van der Waals surface area contributed by atoms with E-state index in [1.54, 1.807) is 18.3 Å². The van der Waals surface area contributed by atoms with Crippen molar-refractivity contribution in [2.24, 2.45) is 5.73 Å². The van der Waals surface area contributed by atoms with Crippen LogP contribution in [0.25, 0.3) is 11.1 Å². The van der Waals surface area contributed by atoms with E-state index in [-0.39, 0.29) is 18.4 Å². The van der Waals surface area contributed by atoms with E-state index in [0.717, 1.165) is 23.2 Å². The average Bonchev–Trinajstić information content (AvgIpc) is 3.33. The van der Waals surface area contributed by atoms with Gasteiger partial charge in [-0.15, -0.1) is 0 Å². The fourth-order valence-electron chi connectivity index (χ4n) is 3.91. The predicted molar refractivity (Wildman–Crippen MR) is 126 cm³/mol. The molecule has 170 valence electrons. The van der Waals surface area contributed by atoms with Crippen LogP contribution in [0.5, 0.6) is 5.75 Å². The van der Waals surface area contributed by atoms with Crippen LogP contribution in [0.3, 0.4) is 0 Å². The van der Waals surface area contributed by atoms with E-state index in [4.69, 9.17) is 15.5 Å². The number of primary amides is 1. The molecule has 8 nitrogen and oxygen atoms in total. The minimum Gasteiger partial charge on any atom is -0.484 e. The van der Waals surface area contributed by atoms with E-state index in [1.165, 1.54) is 0 Å². The van der Waals surface area contributed by atoms with Crippen LogP contribution in [0, 0.1) is 0 Å². The first-order valence-electron chi connectivity index (χ1n) is 10.8. The maximum Gasteiger partial charge on any atom is 0.260 e. The number of amides is 2. The van der Waals surface area contributed by atoms with Gasteiger partial charge in [0.25, 0.3) is 5.91 Å². The third-order valence-corrected chi connectivity index (χ3v) is 5.72. The molecule has 2 aromatic carbocycles. The molecule has 2 N–H and O–H groups in total. The molecule has 0 bridgehead atoms. The molecular weight excluding hydrogens is 418 g/mol. The van der Waals surface area contributed by atoms with Crippen molar-refractivity contribution in [3.8, 4) is 16.9 Å². The zero-order chi connectivity index (χ0) is 23.4. The van der Waals surface area contributed by atoms with Gasteiger partial charge in [0.2, 0.25) is 11.9 Å². The average molecular weight is 446 g/mol. The van der Waals surface area contributed by atoms with Crippen molar-refractivity contribution in [2.75, 3.05) is 38.7 Å². The van der Waals surface area contributed by atoms with Gasteiger partial charge in [0, 0.05) is 50.4 Å². The Morgan fingerprint density at radius 3 is 2.52 bits per heavy atom. The molecule has 0 saturated carbocycles. The van der Waals surface area contributed by atoms with Gasteiger partial charge in [-0.3, -0.25) is 9.59 Å². The lowest BCUT2D eigenvalue weighted by molar-refractivity contribution is -0.132. The molecule has 1 saturated heterocycles. The Labute approximate surface area is 193 Å². The number of likely N-dealkylation sites (tertiary alicyclic amines) is 1. The highest BCUT2D eigenvalue weighted by molar-refractivity contribution is 5.93. The molecule has 0 radical (unpaired) electrons. The van der Waals surface area contributed by atoms with Gasteiger partial charge in [0.1, 0.15) is 5.75 Å². The van der Waals surface area contributed by atoms with Crippen LogP contribution < -0.4 is 15.4 Å². The van der Waals surface area contributed by atoms with Gasteiger partial charge >= 0.3 is 0 Å². The number of carbonyl (C=O) groups is 2. The fraction of sp³-hybridized carbons (Fsp3) is 0.280. The Morgan fingerprint density at radius 2 is 1.85 bits per heavy atom. The molecule has 2 heterocycles. The maximum absolute atomic E-state index is 12.7. The van der Waals surface area contributed by atoms with Crippen molar-refractivity contribution < 1.29 is 14.3 Å². The first kappa shape index (κ1) is 22.3. The van der Waals surface area contributed by atoms with Crippen LogP contribution in [0.4, 0.5) is 5.95 Å².